The quantitative estimate of drug-likeness (QED) is 0.737. The molecule has 8 heteroatoms. The molecule has 162 valence electrons. The third kappa shape index (κ3) is 3.63. The second-order valence-electron chi connectivity index (χ2n) is 7.90. The van der Waals surface area contributed by atoms with Gasteiger partial charge in [0.1, 0.15) is 11.6 Å². The van der Waals surface area contributed by atoms with Gasteiger partial charge in [-0.15, -0.1) is 0 Å². The van der Waals surface area contributed by atoms with Gasteiger partial charge in [0.2, 0.25) is 0 Å². The third-order valence-corrected chi connectivity index (χ3v) is 6.14. The van der Waals surface area contributed by atoms with Crippen LogP contribution in [0.15, 0.2) is 36.4 Å². The van der Waals surface area contributed by atoms with Crippen molar-refractivity contribution in [1.29, 1.82) is 0 Å². The van der Waals surface area contributed by atoms with E-state index in [1.807, 2.05) is 0 Å². The molecular formula is C22H24F4N2O2. The summed E-state index contributed by atoms with van der Waals surface area (Å²) < 4.78 is 65.9. The first kappa shape index (κ1) is 20.9. The van der Waals surface area contributed by atoms with E-state index < -0.39 is 17.6 Å². The Morgan fingerprint density at radius 3 is 2.77 bits per heavy atom. The van der Waals surface area contributed by atoms with Crippen molar-refractivity contribution in [3.8, 4) is 16.9 Å². The summed E-state index contributed by atoms with van der Waals surface area (Å²) in [4.78, 5) is 2.11. The molecule has 0 bridgehead atoms. The Hall–Kier alpha value is -2.32. The molecule has 2 fully saturated rings. The van der Waals surface area contributed by atoms with Gasteiger partial charge in [0.25, 0.3) is 0 Å². The number of alkyl halides is 3. The first-order valence-electron chi connectivity index (χ1n) is 9.89. The lowest BCUT2D eigenvalue weighted by molar-refractivity contribution is -0.137. The minimum Gasteiger partial charge on any atom is -0.495 e. The molecule has 0 unspecified atom stereocenters. The molecule has 2 aliphatic heterocycles. The van der Waals surface area contributed by atoms with Gasteiger partial charge in [-0.05, 0) is 43.7 Å². The number of hydrogen-bond donors (Lipinski definition) is 1. The monoisotopic (exact) mass is 424 g/mol. The lowest BCUT2D eigenvalue weighted by Gasteiger charge is -2.53. The normalized spacial score (nSPS) is 24.5. The fraction of sp³-hybridized carbons (Fsp3) is 0.455. The number of rotatable bonds is 3. The lowest BCUT2D eigenvalue weighted by Crippen LogP contribution is -2.66. The molecule has 0 aliphatic carbocycles. The van der Waals surface area contributed by atoms with Crippen LogP contribution in [0.4, 0.5) is 23.2 Å². The van der Waals surface area contributed by atoms with E-state index in [1.54, 1.807) is 0 Å². The minimum absolute atomic E-state index is 0.0455. The van der Waals surface area contributed by atoms with Crippen LogP contribution in [-0.2, 0) is 10.9 Å². The third-order valence-electron chi connectivity index (χ3n) is 6.14. The summed E-state index contributed by atoms with van der Waals surface area (Å²) in [6.07, 6.45) is -3.73. The van der Waals surface area contributed by atoms with Crippen LogP contribution in [-0.4, -0.2) is 45.0 Å². The largest absolute Gasteiger partial charge is 0.495 e. The maximum atomic E-state index is 15.2. The molecule has 0 amide bonds. The highest BCUT2D eigenvalue weighted by atomic mass is 19.4. The average molecular weight is 424 g/mol. The molecule has 2 atom stereocenters. The van der Waals surface area contributed by atoms with Gasteiger partial charge in [-0.3, -0.25) is 0 Å². The summed E-state index contributed by atoms with van der Waals surface area (Å²) in [5.74, 6) is -0.171. The molecule has 2 aliphatic rings. The van der Waals surface area contributed by atoms with E-state index in [9.17, 15) is 13.2 Å². The molecule has 2 heterocycles. The number of nitrogens with one attached hydrogen (secondary N) is 1. The number of ether oxygens (including phenoxy) is 2. The first-order valence-corrected chi connectivity index (χ1v) is 9.89. The molecule has 1 N–H and O–H groups in total. The van der Waals surface area contributed by atoms with Gasteiger partial charge in [0.15, 0.2) is 0 Å². The Morgan fingerprint density at radius 1 is 1.23 bits per heavy atom. The molecule has 2 aromatic carbocycles. The van der Waals surface area contributed by atoms with Gasteiger partial charge in [-0.2, -0.15) is 13.2 Å². The van der Waals surface area contributed by atoms with Crippen LogP contribution >= 0.6 is 0 Å². The fourth-order valence-electron chi connectivity index (χ4n) is 4.44. The Morgan fingerprint density at radius 2 is 2.03 bits per heavy atom. The molecule has 2 saturated heterocycles. The summed E-state index contributed by atoms with van der Waals surface area (Å²) in [5.41, 5.74) is -0.341. The van der Waals surface area contributed by atoms with Gasteiger partial charge in [-0.1, -0.05) is 12.1 Å². The molecule has 2 aromatic rings. The summed E-state index contributed by atoms with van der Waals surface area (Å²) in [6, 6.07) is 7.51. The number of morpholine rings is 1. The van der Waals surface area contributed by atoms with Gasteiger partial charge in [0, 0.05) is 24.7 Å². The van der Waals surface area contributed by atoms with Crippen LogP contribution < -0.4 is 15.0 Å². The SMILES string of the molecule is COc1cc(-c2cccc(C(F)(F)F)c2)c(F)cc1N1CCO[C@@H]2CNCC[C@]21C. The van der Waals surface area contributed by atoms with Crippen LogP contribution in [0.5, 0.6) is 5.75 Å². The van der Waals surface area contributed by atoms with Crippen molar-refractivity contribution in [3.63, 3.8) is 0 Å². The topological polar surface area (TPSA) is 33.7 Å². The highest BCUT2D eigenvalue weighted by molar-refractivity contribution is 5.73. The van der Waals surface area contributed by atoms with E-state index in [0.717, 1.165) is 25.1 Å². The molecule has 0 radical (unpaired) electrons. The van der Waals surface area contributed by atoms with E-state index in [1.165, 1.54) is 31.4 Å². The second-order valence-corrected chi connectivity index (χ2v) is 7.90. The summed E-state index contributed by atoms with van der Waals surface area (Å²) >= 11 is 0. The van der Waals surface area contributed by atoms with Gasteiger partial charge >= 0.3 is 6.18 Å². The van der Waals surface area contributed by atoms with E-state index in [-0.39, 0.29) is 22.8 Å². The summed E-state index contributed by atoms with van der Waals surface area (Å²) in [5, 5.41) is 3.32. The number of hydrogen-bond acceptors (Lipinski definition) is 4. The molecular weight excluding hydrogens is 400 g/mol. The first-order chi connectivity index (χ1) is 14.2. The van der Waals surface area contributed by atoms with Gasteiger partial charge in [0.05, 0.1) is 36.6 Å². The number of methoxy groups -OCH3 is 1. The predicted octanol–water partition coefficient (Wildman–Crippen LogP) is 4.48. The van der Waals surface area contributed by atoms with Crippen molar-refractivity contribution in [2.24, 2.45) is 0 Å². The van der Waals surface area contributed by atoms with Crippen molar-refractivity contribution in [2.75, 3.05) is 38.3 Å². The zero-order chi connectivity index (χ0) is 21.5. The van der Waals surface area contributed by atoms with Crippen molar-refractivity contribution < 1.29 is 27.0 Å². The van der Waals surface area contributed by atoms with E-state index >= 15 is 4.39 Å². The van der Waals surface area contributed by atoms with E-state index in [0.29, 0.717) is 31.1 Å². The van der Waals surface area contributed by atoms with Gasteiger partial charge < -0.3 is 19.7 Å². The van der Waals surface area contributed by atoms with Crippen LogP contribution in [0, 0.1) is 5.82 Å². The maximum Gasteiger partial charge on any atom is 0.416 e. The van der Waals surface area contributed by atoms with E-state index in [4.69, 9.17) is 9.47 Å². The Balaban J connectivity index is 1.77. The molecule has 0 spiro atoms. The predicted molar refractivity (Wildman–Crippen MR) is 106 cm³/mol. The van der Waals surface area contributed by atoms with Crippen LogP contribution in [0.2, 0.25) is 0 Å². The highest BCUT2D eigenvalue weighted by Crippen LogP contribution is 2.43. The Bertz CT molecular complexity index is 932. The number of benzene rings is 2. The minimum atomic E-state index is -4.50. The standard InChI is InChI=1S/C22H24F4N2O2/c1-21-6-7-27-13-20(21)30-9-8-28(21)18-12-17(23)16(11-19(18)29-2)14-4-3-5-15(10-14)22(24,25)26/h3-5,10-12,20,27H,6-9,13H2,1-2H3/t20-,21-/m1/s1. The average Bonchev–Trinajstić information content (AvgIpc) is 2.72. The summed E-state index contributed by atoms with van der Waals surface area (Å²) in [6.45, 7) is 4.70. The second kappa shape index (κ2) is 7.74. The van der Waals surface area contributed by atoms with Crippen molar-refractivity contribution in [3.05, 3.63) is 47.8 Å². The van der Waals surface area contributed by atoms with Crippen molar-refractivity contribution >= 4 is 5.69 Å². The van der Waals surface area contributed by atoms with Crippen LogP contribution in [0.3, 0.4) is 0 Å². The molecule has 0 aromatic heterocycles. The van der Waals surface area contributed by atoms with Crippen molar-refractivity contribution in [2.45, 2.75) is 31.2 Å². The number of fused-ring (bicyclic) bond motifs is 1. The number of anilines is 1. The van der Waals surface area contributed by atoms with Gasteiger partial charge in [-0.25, -0.2) is 4.39 Å². The zero-order valence-electron chi connectivity index (χ0n) is 16.9. The Labute approximate surface area is 172 Å². The molecule has 30 heavy (non-hydrogen) atoms. The number of halogens is 4. The molecule has 4 nitrogen and oxygen atoms in total. The van der Waals surface area contributed by atoms with Crippen molar-refractivity contribution in [1.82, 2.24) is 5.32 Å². The molecule has 0 saturated carbocycles. The van der Waals surface area contributed by atoms with Crippen LogP contribution in [0.25, 0.3) is 11.1 Å². The van der Waals surface area contributed by atoms with Crippen LogP contribution in [0.1, 0.15) is 18.9 Å². The maximum absolute atomic E-state index is 15.2. The molecule has 4 rings (SSSR count). The highest BCUT2D eigenvalue weighted by Gasteiger charge is 2.46. The Kier molecular flexibility index (Phi) is 5.40. The number of nitrogens with zero attached hydrogens (tertiary/aromatic N) is 1. The zero-order valence-corrected chi connectivity index (χ0v) is 16.9. The lowest BCUT2D eigenvalue weighted by atomic mass is 9.83. The smallest absolute Gasteiger partial charge is 0.416 e. The fourth-order valence-corrected chi connectivity index (χ4v) is 4.44. The summed E-state index contributed by atoms with van der Waals surface area (Å²) in [7, 11) is 1.48. The number of piperidine rings is 1. The van der Waals surface area contributed by atoms with E-state index in [2.05, 4.69) is 17.1 Å².